The van der Waals surface area contributed by atoms with Gasteiger partial charge < -0.3 is 15.1 Å². The van der Waals surface area contributed by atoms with Crippen LogP contribution in [-0.4, -0.2) is 47.3 Å². The Hall–Kier alpha value is -4.09. The number of anilines is 3. The van der Waals surface area contributed by atoms with Crippen LogP contribution in [0.4, 0.5) is 39.1 Å². The molecule has 12 heteroatoms. The molecular weight excluding hydrogens is 509 g/mol. The van der Waals surface area contributed by atoms with Crippen molar-refractivity contribution in [3.05, 3.63) is 65.9 Å². The Bertz CT molecular complexity index is 1400. The molecule has 0 radical (unpaired) electrons. The van der Waals surface area contributed by atoms with Gasteiger partial charge in [0.1, 0.15) is 12.4 Å². The SMILES string of the molecule is C[C@@H]1C(=O)N(CC(=O)Nc2ccc(C(F)F)cc2)c2cc(N3CCC(F)(F)C3)nc(F)c2-c2cccnc21. The lowest BCUT2D eigenvalue weighted by Gasteiger charge is -2.26. The molecule has 5 rings (SSSR count). The van der Waals surface area contributed by atoms with Crippen LogP contribution in [0.25, 0.3) is 11.1 Å². The van der Waals surface area contributed by atoms with E-state index in [1.54, 1.807) is 19.1 Å². The number of hydrogen-bond donors (Lipinski definition) is 1. The third-order valence-corrected chi connectivity index (χ3v) is 6.63. The van der Waals surface area contributed by atoms with Crippen LogP contribution in [0.5, 0.6) is 0 Å². The Balaban J connectivity index is 1.54. The Kier molecular flexibility index (Phi) is 6.49. The molecule has 2 aliphatic rings. The van der Waals surface area contributed by atoms with Gasteiger partial charge in [0.15, 0.2) is 0 Å². The Morgan fingerprint density at radius 1 is 1.21 bits per heavy atom. The summed E-state index contributed by atoms with van der Waals surface area (Å²) < 4.78 is 69.1. The monoisotopic (exact) mass is 531 g/mol. The molecule has 0 aliphatic carbocycles. The lowest BCUT2D eigenvalue weighted by molar-refractivity contribution is -0.122. The second-order valence-corrected chi connectivity index (χ2v) is 9.25. The molecule has 0 unspecified atom stereocenters. The van der Waals surface area contributed by atoms with Gasteiger partial charge >= 0.3 is 0 Å². The maximum atomic E-state index is 15.6. The van der Waals surface area contributed by atoms with Crippen molar-refractivity contribution in [1.29, 1.82) is 0 Å². The van der Waals surface area contributed by atoms with Gasteiger partial charge in [-0.3, -0.25) is 14.6 Å². The van der Waals surface area contributed by atoms with Crippen molar-refractivity contribution in [2.45, 2.75) is 31.6 Å². The normalized spacial score (nSPS) is 18.3. The Morgan fingerprint density at radius 3 is 2.61 bits per heavy atom. The van der Waals surface area contributed by atoms with E-state index < -0.39 is 55.5 Å². The van der Waals surface area contributed by atoms with Crippen molar-refractivity contribution in [3.8, 4) is 11.1 Å². The number of nitrogens with zero attached hydrogens (tertiary/aromatic N) is 4. The van der Waals surface area contributed by atoms with E-state index in [4.69, 9.17) is 0 Å². The minimum absolute atomic E-state index is 0.00508. The highest BCUT2D eigenvalue weighted by atomic mass is 19.3. The second kappa shape index (κ2) is 9.66. The topological polar surface area (TPSA) is 78.4 Å². The molecule has 0 saturated carbocycles. The predicted molar refractivity (Wildman–Crippen MR) is 130 cm³/mol. The zero-order valence-corrected chi connectivity index (χ0v) is 20.1. The van der Waals surface area contributed by atoms with Crippen molar-refractivity contribution >= 4 is 29.0 Å². The number of halogens is 5. The zero-order valence-electron chi connectivity index (χ0n) is 20.1. The summed E-state index contributed by atoms with van der Waals surface area (Å²) in [4.78, 5) is 37.0. The zero-order chi connectivity index (χ0) is 27.2. The third kappa shape index (κ3) is 4.77. The first-order chi connectivity index (χ1) is 18.0. The van der Waals surface area contributed by atoms with E-state index in [-0.39, 0.29) is 40.6 Å². The molecule has 1 saturated heterocycles. The first-order valence-corrected chi connectivity index (χ1v) is 11.8. The number of rotatable bonds is 5. The van der Waals surface area contributed by atoms with Crippen molar-refractivity contribution < 1.29 is 31.5 Å². The van der Waals surface area contributed by atoms with E-state index in [2.05, 4.69) is 15.3 Å². The molecule has 1 fully saturated rings. The fourth-order valence-corrected chi connectivity index (χ4v) is 4.71. The van der Waals surface area contributed by atoms with Crippen LogP contribution in [-0.2, 0) is 9.59 Å². The average Bonchev–Trinajstić information content (AvgIpc) is 3.22. The quantitative estimate of drug-likeness (QED) is 0.364. The molecule has 38 heavy (non-hydrogen) atoms. The number of fused-ring (bicyclic) bond motifs is 3. The lowest BCUT2D eigenvalue weighted by atomic mass is 9.98. The Morgan fingerprint density at radius 2 is 1.95 bits per heavy atom. The molecule has 0 bridgehead atoms. The number of hydrogen-bond acceptors (Lipinski definition) is 5. The fraction of sp³-hybridized carbons (Fsp3) is 0.308. The van der Waals surface area contributed by atoms with E-state index >= 15 is 4.39 Å². The lowest BCUT2D eigenvalue weighted by Crippen LogP contribution is -2.40. The molecular formula is C26H22F5N5O2. The molecule has 7 nitrogen and oxygen atoms in total. The van der Waals surface area contributed by atoms with Gasteiger partial charge in [-0.05, 0) is 25.1 Å². The largest absolute Gasteiger partial charge is 0.350 e. The summed E-state index contributed by atoms with van der Waals surface area (Å²) in [6.07, 6.45) is -1.64. The molecule has 1 atom stereocenters. The van der Waals surface area contributed by atoms with E-state index in [1.165, 1.54) is 29.3 Å². The van der Waals surface area contributed by atoms with Crippen LogP contribution in [0.15, 0.2) is 48.7 Å². The number of alkyl halides is 4. The number of pyridine rings is 2. The summed E-state index contributed by atoms with van der Waals surface area (Å²) in [7, 11) is 0. The highest BCUT2D eigenvalue weighted by Gasteiger charge is 2.41. The molecule has 1 aromatic carbocycles. The summed E-state index contributed by atoms with van der Waals surface area (Å²) in [5.41, 5.74) is 0.508. The van der Waals surface area contributed by atoms with E-state index in [1.807, 2.05) is 0 Å². The number of carbonyl (C=O) groups is 2. The first kappa shape index (κ1) is 25.6. The van der Waals surface area contributed by atoms with Gasteiger partial charge in [0.25, 0.3) is 12.3 Å². The van der Waals surface area contributed by atoms with Gasteiger partial charge in [0, 0.05) is 42.0 Å². The number of benzene rings is 1. The standard InChI is InChI=1S/C26H22F5N5O2/c1-14-22-17(3-2-9-32-22)21-18(11-19(34-24(21)29)35-10-8-26(30,31)13-35)36(25(14)38)12-20(37)33-16-6-4-15(5-7-16)23(27)28/h2-7,9,11,14,23H,8,10,12-13H2,1H3,(H,33,37)/t14-/m0/s1. The fourth-order valence-electron chi connectivity index (χ4n) is 4.71. The van der Waals surface area contributed by atoms with E-state index in [9.17, 15) is 27.2 Å². The van der Waals surface area contributed by atoms with Gasteiger partial charge in [0.2, 0.25) is 17.8 Å². The van der Waals surface area contributed by atoms with E-state index in [0.717, 1.165) is 17.0 Å². The molecule has 2 aromatic heterocycles. The first-order valence-electron chi connectivity index (χ1n) is 11.8. The molecule has 0 spiro atoms. The molecule has 4 heterocycles. The maximum absolute atomic E-state index is 15.6. The Labute approximate surface area is 214 Å². The number of amides is 2. The van der Waals surface area contributed by atoms with Gasteiger partial charge in [-0.15, -0.1) is 0 Å². The molecule has 2 amide bonds. The summed E-state index contributed by atoms with van der Waals surface area (Å²) in [5.74, 6) is -6.14. The minimum atomic E-state index is -2.97. The average molecular weight is 531 g/mol. The van der Waals surface area contributed by atoms with Gasteiger partial charge in [-0.1, -0.05) is 18.2 Å². The minimum Gasteiger partial charge on any atom is -0.350 e. The van der Waals surface area contributed by atoms with Crippen LogP contribution < -0.4 is 15.1 Å². The summed E-state index contributed by atoms with van der Waals surface area (Å²) in [6.45, 7) is 0.298. The van der Waals surface area contributed by atoms with Gasteiger partial charge in [0.05, 0.1) is 29.4 Å². The van der Waals surface area contributed by atoms with E-state index in [0.29, 0.717) is 5.56 Å². The predicted octanol–water partition coefficient (Wildman–Crippen LogP) is 5.15. The maximum Gasteiger partial charge on any atom is 0.266 e. The van der Waals surface area contributed by atoms with Crippen LogP contribution in [0.3, 0.4) is 0 Å². The van der Waals surface area contributed by atoms with Crippen LogP contribution in [0.2, 0.25) is 0 Å². The molecule has 1 N–H and O–H groups in total. The highest BCUT2D eigenvalue weighted by molar-refractivity contribution is 6.09. The highest BCUT2D eigenvalue weighted by Crippen LogP contribution is 2.43. The smallest absolute Gasteiger partial charge is 0.266 e. The third-order valence-electron chi connectivity index (χ3n) is 6.63. The van der Waals surface area contributed by atoms with Crippen LogP contribution in [0, 0.1) is 5.95 Å². The number of carbonyl (C=O) groups excluding carboxylic acids is 2. The van der Waals surface area contributed by atoms with Crippen molar-refractivity contribution in [1.82, 2.24) is 9.97 Å². The van der Waals surface area contributed by atoms with Crippen molar-refractivity contribution in [3.63, 3.8) is 0 Å². The van der Waals surface area contributed by atoms with Crippen molar-refractivity contribution in [2.24, 2.45) is 0 Å². The molecule has 198 valence electrons. The summed E-state index contributed by atoms with van der Waals surface area (Å²) in [5, 5.41) is 2.55. The molecule has 3 aromatic rings. The molecule has 2 aliphatic heterocycles. The van der Waals surface area contributed by atoms with Gasteiger partial charge in [-0.2, -0.15) is 4.39 Å². The number of nitrogens with one attached hydrogen (secondary N) is 1. The second-order valence-electron chi connectivity index (χ2n) is 9.25. The number of aromatic nitrogens is 2. The van der Waals surface area contributed by atoms with Gasteiger partial charge in [-0.25, -0.2) is 22.5 Å². The van der Waals surface area contributed by atoms with Crippen molar-refractivity contribution in [2.75, 3.05) is 34.8 Å². The van der Waals surface area contributed by atoms with Crippen LogP contribution >= 0.6 is 0 Å². The van der Waals surface area contributed by atoms with Crippen LogP contribution in [0.1, 0.15) is 36.9 Å². The summed E-state index contributed by atoms with van der Waals surface area (Å²) >= 11 is 0. The summed E-state index contributed by atoms with van der Waals surface area (Å²) in [6, 6.07) is 9.40.